The highest BCUT2D eigenvalue weighted by atomic mass is 32.2. The number of ether oxygens (including phenoxy) is 1. The summed E-state index contributed by atoms with van der Waals surface area (Å²) in [6.07, 6.45) is -0.458. The zero-order valence-electron chi connectivity index (χ0n) is 16.0. The molecule has 0 aliphatic rings. The summed E-state index contributed by atoms with van der Waals surface area (Å²) in [6.45, 7) is 1.72. The lowest BCUT2D eigenvalue weighted by Crippen LogP contribution is -2.18. The second-order valence-corrected chi connectivity index (χ2v) is 8.01. The molecule has 0 aliphatic carbocycles. The van der Waals surface area contributed by atoms with Crippen LogP contribution in [0.3, 0.4) is 0 Å². The molecule has 0 bridgehead atoms. The first-order chi connectivity index (χ1) is 14.3. The van der Waals surface area contributed by atoms with Gasteiger partial charge in [-0.2, -0.15) is 0 Å². The van der Waals surface area contributed by atoms with Crippen LogP contribution in [0.15, 0.2) is 70.1 Å². The summed E-state index contributed by atoms with van der Waals surface area (Å²) in [6, 6.07) is 16.0. The Hall–Kier alpha value is -3.66. The predicted octanol–water partition coefficient (Wildman–Crippen LogP) is 2.86. The molecule has 0 saturated heterocycles. The van der Waals surface area contributed by atoms with Crippen LogP contribution >= 0.6 is 0 Å². The van der Waals surface area contributed by atoms with E-state index < -0.39 is 28.3 Å². The van der Waals surface area contributed by atoms with Crippen LogP contribution in [0.1, 0.15) is 17.7 Å². The number of hydrogen-bond donors (Lipinski definition) is 2. The molecule has 0 saturated carbocycles. The number of sulfonamides is 1. The highest BCUT2D eigenvalue weighted by Crippen LogP contribution is 2.18. The molecule has 0 aliphatic heterocycles. The van der Waals surface area contributed by atoms with E-state index in [9.17, 15) is 18.0 Å². The lowest BCUT2D eigenvalue weighted by atomic mass is 10.2. The number of nitrogens with zero attached hydrogens (tertiary/aromatic N) is 1. The maximum atomic E-state index is 12.3. The number of anilines is 2. The van der Waals surface area contributed by atoms with E-state index in [4.69, 9.17) is 9.26 Å². The monoisotopic (exact) mass is 429 g/mol. The van der Waals surface area contributed by atoms with Crippen molar-refractivity contribution in [3.05, 3.63) is 72.0 Å². The van der Waals surface area contributed by atoms with Gasteiger partial charge in [-0.3, -0.25) is 14.3 Å². The predicted molar refractivity (Wildman–Crippen MR) is 108 cm³/mol. The zero-order valence-corrected chi connectivity index (χ0v) is 16.8. The van der Waals surface area contributed by atoms with Crippen molar-refractivity contribution >= 4 is 33.4 Å². The summed E-state index contributed by atoms with van der Waals surface area (Å²) in [5, 5.41) is 6.10. The van der Waals surface area contributed by atoms with E-state index in [1.54, 1.807) is 6.92 Å². The summed E-state index contributed by atoms with van der Waals surface area (Å²) in [7, 11) is -3.86. The minimum Gasteiger partial charge on any atom is -0.460 e. The Morgan fingerprint density at radius 2 is 1.77 bits per heavy atom. The van der Waals surface area contributed by atoms with Gasteiger partial charge in [-0.25, -0.2) is 8.42 Å². The Balaban J connectivity index is 1.52. The number of rotatable bonds is 8. The Morgan fingerprint density at radius 3 is 2.40 bits per heavy atom. The second-order valence-electron chi connectivity index (χ2n) is 6.32. The van der Waals surface area contributed by atoms with Crippen molar-refractivity contribution in [2.45, 2.75) is 24.8 Å². The molecule has 3 rings (SSSR count). The van der Waals surface area contributed by atoms with E-state index in [0.717, 1.165) is 5.56 Å². The smallest absolute Gasteiger partial charge is 0.315 e. The van der Waals surface area contributed by atoms with Gasteiger partial charge >= 0.3 is 5.97 Å². The van der Waals surface area contributed by atoms with Gasteiger partial charge in [0.15, 0.2) is 5.82 Å². The third kappa shape index (κ3) is 5.92. The van der Waals surface area contributed by atoms with Crippen molar-refractivity contribution < 1.29 is 27.3 Å². The quantitative estimate of drug-likeness (QED) is 0.416. The van der Waals surface area contributed by atoms with E-state index in [-0.39, 0.29) is 17.3 Å². The van der Waals surface area contributed by atoms with Crippen LogP contribution < -0.4 is 10.0 Å². The summed E-state index contributed by atoms with van der Waals surface area (Å²) in [5.41, 5.74) is 1.16. The molecule has 0 spiro atoms. The fourth-order valence-electron chi connectivity index (χ4n) is 2.45. The number of aryl methyl sites for hydroxylation is 1. The third-order valence-corrected chi connectivity index (χ3v) is 5.23. The Kier molecular flexibility index (Phi) is 6.48. The molecule has 3 aromatic rings. The molecule has 30 heavy (non-hydrogen) atoms. The number of benzene rings is 2. The standard InChI is InChI=1S/C20H19N3O6S/c1-14-11-18(22-29-14)23-30(26,27)17-9-7-16(8-10-17)21-19(24)12-20(25)28-13-15-5-3-2-4-6-15/h2-11H,12-13H2,1H3,(H,21,24)(H,22,23). The fraction of sp³-hybridized carbons (Fsp3) is 0.150. The minimum atomic E-state index is -3.86. The van der Waals surface area contributed by atoms with Crippen molar-refractivity contribution in [2.75, 3.05) is 10.0 Å². The van der Waals surface area contributed by atoms with Crippen molar-refractivity contribution in [1.82, 2.24) is 5.16 Å². The summed E-state index contributed by atoms with van der Waals surface area (Å²) in [5.74, 6) is -0.700. The van der Waals surface area contributed by atoms with Crippen molar-refractivity contribution in [3.8, 4) is 0 Å². The van der Waals surface area contributed by atoms with Gasteiger partial charge in [0.25, 0.3) is 10.0 Å². The van der Waals surface area contributed by atoms with Gasteiger partial charge in [0.2, 0.25) is 5.91 Å². The van der Waals surface area contributed by atoms with Gasteiger partial charge in [-0.15, -0.1) is 0 Å². The summed E-state index contributed by atoms with van der Waals surface area (Å²) in [4.78, 5) is 23.8. The minimum absolute atomic E-state index is 0.0246. The number of aromatic nitrogens is 1. The van der Waals surface area contributed by atoms with E-state index >= 15 is 0 Å². The molecule has 0 unspecified atom stereocenters. The lowest BCUT2D eigenvalue weighted by molar-refractivity contribution is -0.146. The van der Waals surface area contributed by atoms with E-state index in [1.807, 2.05) is 30.3 Å². The number of nitrogens with one attached hydrogen (secondary N) is 2. The number of esters is 1. The number of hydrogen-bond acceptors (Lipinski definition) is 7. The normalized spacial score (nSPS) is 11.0. The molecule has 0 fully saturated rings. The van der Waals surface area contributed by atoms with Gasteiger partial charge in [-0.1, -0.05) is 35.5 Å². The van der Waals surface area contributed by atoms with Crippen LogP contribution in [-0.2, 0) is 31.0 Å². The third-order valence-electron chi connectivity index (χ3n) is 3.86. The molecule has 2 aromatic carbocycles. The van der Waals surface area contributed by atoms with Gasteiger partial charge < -0.3 is 14.6 Å². The first kappa shape index (κ1) is 21.1. The van der Waals surface area contributed by atoms with Gasteiger partial charge in [0, 0.05) is 11.8 Å². The van der Waals surface area contributed by atoms with Crippen LogP contribution in [-0.4, -0.2) is 25.5 Å². The SMILES string of the molecule is Cc1cc(NS(=O)(=O)c2ccc(NC(=O)CC(=O)OCc3ccccc3)cc2)no1. The fourth-order valence-corrected chi connectivity index (χ4v) is 3.44. The van der Waals surface area contributed by atoms with Crippen molar-refractivity contribution in [2.24, 2.45) is 0 Å². The zero-order chi connectivity index (χ0) is 21.6. The molecule has 10 heteroatoms. The molecule has 1 amide bonds. The van der Waals surface area contributed by atoms with Crippen LogP contribution in [0.25, 0.3) is 0 Å². The van der Waals surface area contributed by atoms with Gasteiger partial charge in [-0.05, 0) is 36.8 Å². The maximum absolute atomic E-state index is 12.3. The molecule has 0 radical (unpaired) electrons. The van der Waals surface area contributed by atoms with Crippen LogP contribution in [0, 0.1) is 6.92 Å². The molecule has 1 aromatic heterocycles. The largest absolute Gasteiger partial charge is 0.460 e. The average Bonchev–Trinajstić information content (AvgIpc) is 3.11. The molecular formula is C20H19N3O6S. The topological polar surface area (TPSA) is 128 Å². The summed E-state index contributed by atoms with van der Waals surface area (Å²) >= 11 is 0. The molecule has 0 atom stereocenters. The molecule has 156 valence electrons. The van der Waals surface area contributed by atoms with Crippen molar-refractivity contribution in [3.63, 3.8) is 0 Å². The summed E-state index contributed by atoms with van der Waals surface area (Å²) < 4.78 is 36.8. The van der Waals surface area contributed by atoms with E-state index in [2.05, 4.69) is 15.2 Å². The first-order valence-electron chi connectivity index (χ1n) is 8.87. The first-order valence-corrected chi connectivity index (χ1v) is 10.4. The highest BCUT2D eigenvalue weighted by Gasteiger charge is 2.17. The van der Waals surface area contributed by atoms with E-state index in [0.29, 0.717) is 11.4 Å². The van der Waals surface area contributed by atoms with Crippen LogP contribution in [0.2, 0.25) is 0 Å². The average molecular weight is 429 g/mol. The second kappa shape index (κ2) is 9.23. The Morgan fingerprint density at radius 1 is 1.07 bits per heavy atom. The lowest BCUT2D eigenvalue weighted by Gasteiger charge is -2.08. The molecule has 1 heterocycles. The van der Waals surface area contributed by atoms with Gasteiger partial charge in [0.05, 0.1) is 4.90 Å². The maximum Gasteiger partial charge on any atom is 0.315 e. The molecular weight excluding hydrogens is 410 g/mol. The van der Waals surface area contributed by atoms with Crippen LogP contribution in [0.5, 0.6) is 0 Å². The molecule has 2 N–H and O–H groups in total. The Bertz CT molecular complexity index is 1120. The Labute approximate surface area is 173 Å². The highest BCUT2D eigenvalue weighted by molar-refractivity contribution is 7.92. The number of amides is 1. The number of carbonyl (C=O) groups is 2. The van der Waals surface area contributed by atoms with E-state index in [1.165, 1.54) is 30.3 Å². The molecule has 9 nitrogen and oxygen atoms in total. The van der Waals surface area contributed by atoms with Gasteiger partial charge in [0.1, 0.15) is 18.8 Å². The van der Waals surface area contributed by atoms with Crippen LogP contribution in [0.4, 0.5) is 11.5 Å². The number of carbonyl (C=O) groups excluding carboxylic acids is 2. The van der Waals surface area contributed by atoms with Crippen molar-refractivity contribution in [1.29, 1.82) is 0 Å².